The van der Waals surface area contributed by atoms with Gasteiger partial charge in [0, 0.05) is 17.3 Å². The van der Waals surface area contributed by atoms with Gasteiger partial charge in [0.25, 0.3) is 0 Å². The van der Waals surface area contributed by atoms with Gasteiger partial charge in [0.15, 0.2) is 0 Å². The van der Waals surface area contributed by atoms with Crippen molar-refractivity contribution < 1.29 is 0 Å². The number of piperidine rings is 1. The SMILES string of the molecule is CCC(CC)N1CCC(CN)(SC)CC1. The van der Waals surface area contributed by atoms with Crippen molar-refractivity contribution in [1.82, 2.24) is 4.90 Å². The minimum Gasteiger partial charge on any atom is -0.329 e. The molecule has 2 nitrogen and oxygen atoms in total. The van der Waals surface area contributed by atoms with Crippen LogP contribution in [0.1, 0.15) is 39.5 Å². The molecule has 0 atom stereocenters. The molecule has 1 fully saturated rings. The minimum absolute atomic E-state index is 0.378. The summed E-state index contributed by atoms with van der Waals surface area (Å²) in [6.45, 7) is 7.92. The second kappa shape index (κ2) is 6.12. The molecule has 0 amide bonds. The Morgan fingerprint density at radius 2 is 1.80 bits per heavy atom. The molecule has 1 heterocycles. The van der Waals surface area contributed by atoms with Crippen LogP contribution in [-0.2, 0) is 0 Å². The van der Waals surface area contributed by atoms with Crippen molar-refractivity contribution in [3.05, 3.63) is 0 Å². The van der Waals surface area contributed by atoms with Gasteiger partial charge >= 0.3 is 0 Å². The van der Waals surface area contributed by atoms with Gasteiger partial charge in [-0.15, -0.1) is 0 Å². The molecule has 1 aliphatic rings. The maximum Gasteiger partial charge on any atom is 0.0303 e. The number of hydrogen-bond donors (Lipinski definition) is 1. The lowest BCUT2D eigenvalue weighted by Gasteiger charge is -2.43. The molecule has 0 aromatic carbocycles. The molecule has 15 heavy (non-hydrogen) atoms. The van der Waals surface area contributed by atoms with E-state index in [0.717, 1.165) is 12.6 Å². The predicted molar refractivity (Wildman–Crippen MR) is 70.5 cm³/mol. The van der Waals surface area contributed by atoms with Gasteiger partial charge in [0.05, 0.1) is 0 Å². The molecule has 0 aromatic rings. The third-order valence-electron chi connectivity index (χ3n) is 3.97. The van der Waals surface area contributed by atoms with E-state index in [1.54, 1.807) is 0 Å². The first kappa shape index (κ1) is 13.3. The Morgan fingerprint density at radius 1 is 1.27 bits per heavy atom. The Balaban J connectivity index is 2.47. The van der Waals surface area contributed by atoms with Crippen molar-refractivity contribution in [3.8, 4) is 0 Å². The van der Waals surface area contributed by atoms with Crippen molar-refractivity contribution in [1.29, 1.82) is 0 Å². The summed E-state index contributed by atoms with van der Waals surface area (Å²) < 4.78 is 0.378. The van der Waals surface area contributed by atoms with E-state index < -0.39 is 0 Å². The zero-order chi connectivity index (χ0) is 11.3. The second-order valence-electron chi connectivity index (χ2n) is 4.60. The lowest BCUT2D eigenvalue weighted by Crippen LogP contribution is -2.49. The van der Waals surface area contributed by atoms with Crippen molar-refractivity contribution in [2.45, 2.75) is 50.3 Å². The highest BCUT2D eigenvalue weighted by atomic mass is 32.2. The molecule has 1 aliphatic heterocycles. The average Bonchev–Trinajstić information content (AvgIpc) is 2.32. The molecule has 0 aliphatic carbocycles. The maximum absolute atomic E-state index is 5.90. The molecule has 0 bridgehead atoms. The summed E-state index contributed by atoms with van der Waals surface area (Å²) in [7, 11) is 0. The van der Waals surface area contributed by atoms with Crippen molar-refractivity contribution in [2.24, 2.45) is 5.73 Å². The third-order valence-corrected chi connectivity index (χ3v) is 5.41. The van der Waals surface area contributed by atoms with Crippen LogP contribution >= 0.6 is 11.8 Å². The first-order valence-electron chi connectivity index (χ1n) is 6.20. The first-order chi connectivity index (χ1) is 7.21. The van der Waals surface area contributed by atoms with Gasteiger partial charge < -0.3 is 10.6 Å². The van der Waals surface area contributed by atoms with E-state index in [4.69, 9.17) is 5.73 Å². The Bertz CT molecular complexity index is 166. The Morgan fingerprint density at radius 3 is 2.13 bits per heavy atom. The molecular weight excluding hydrogens is 204 g/mol. The maximum atomic E-state index is 5.90. The van der Waals surface area contributed by atoms with Crippen molar-refractivity contribution in [2.75, 3.05) is 25.9 Å². The number of nitrogens with zero attached hydrogens (tertiary/aromatic N) is 1. The van der Waals surface area contributed by atoms with Gasteiger partial charge in [0.2, 0.25) is 0 Å². The number of hydrogen-bond acceptors (Lipinski definition) is 3. The Kier molecular flexibility index (Phi) is 5.44. The van der Waals surface area contributed by atoms with E-state index >= 15 is 0 Å². The molecular formula is C12H26N2S. The van der Waals surface area contributed by atoms with Crippen LogP contribution in [0.3, 0.4) is 0 Å². The molecule has 0 unspecified atom stereocenters. The van der Waals surface area contributed by atoms with E-state index in [9.17, 15) is 0 Å². The zero-order valence-corrected chi connectivity index (χ0v) is 11.3. The van der Waals surface area contributed by atoms with Crippen LogP contribution in [0.15, 0.2) is 0 Å². The lowest BCUT2D eigenvalue weighted by atomic mass is 9.94. The summed E-state index contributed by atoms with van der Waals surface area (Å²) in [6.07, 6.45) is 7.30. The highest BCUT2D eigenvalue weighted by molar-refractivity contribution is 8.00. The molecule has 2 N–H and O–H groups in total. The van der Waals surface area contributed by atoms with E-state index in [0.29, 0.717) is 4.75 Å². The van der Waals surface area contributed by atoms with Crippen LogP contribution in [0.4, 0.5) is 0 Å². The second-order valence-corrected chi connectivity index (χ2v) is 5.87. The normalized spacial score (nSPS) is 22.2. The Labute approximate surface area is 99.0 Å². The summed E-state index contributed by atoms with van der Waals surface area (Å²) in [6, 6.07) is 0.794. The van der Waals surface area contributed by atoms with Crippen molar-refractivity contribution >= 4 is 11.8 Å². The number of likely N-dealkylation sites (tertiary alicyclic amines) is 1. The molecule has 0 spiro atoms. The number of nitrogens with two attached hydrogens (primary N) is 1. The van der Waals surface area contributed by atoms with Gasteiger partial charge in [-0.25, -0.2) is 0 Å². The standard InChI is InChI=1S/C12H26N2S/c1-4-11(5-2)14-8-6-12(10-13,15-3)7-9-14/h11H,4-10,13H2,1-3H3. The van der Waals surface area contributed by atoms with Crippen LogP contribution in [0, 0.1) is 0 Å². The van der Waals surface area contributed by atoms with Gasteiger partial charge in [-0.3, -0.25) is 0 Å². The smallest absolute Gasteiger partial charge is 0.0303 e. The molecule has 1 rings (SSSR count). The Hall–Kier alpha value is 0.270. The van der Waals surface area contributed by atoms with Crippen LogP contribution in [0.25, 0.3) is 0 Å². The average molecular weight is 230 g/mol. The van der Waals surface area contributed by atoms with Crippen LogP contribution in [0.5, 0.6) is 0 Å². The molecule has 90 valence electrons. The summed E-state index contributed by atoms with van der Waals surface area (Å²) in [5.41, 5.74) is 5.90. The summed E-state index contributed by atoms with van der Waals surface area (Å²) in [4.78, 5) is 2.66. The fraction of sp³-hybridized carbons (Fsp3) is 1.00. The molecule has 0 aromatic heterocycles. The van der Waals surface area contributed by atoms with E-state index in [1.165, 1.54) is 38.8 Å². The van der Waals surface area contributed by atoms with E-state index in [-0.39, 0.29) is 0 Å². The first-order valence-corrected chi connectivity index (χ1v) is 7.43. The zero-order valence-electron chi connectivity index (χ0n) is 10.5. The van der Waals surface area contributed by atoms with Gasteiger partial charge in [-0.05, 0) is 45.0 Å². The predicted octanol–water partition coefficient (Wildman–Crippen LogP) is 2.33. The van der Waals surface area contributed by atoms with Gasteiger partial charge in [-0.1, -0.05) is 13.8 Å². The van der Waals surface area contributed by atoms with Crippen molar-refractivity contribution in [3.63, 3.8) is 0 Å². The minimum atomic E-state index is 0.378. The topological polar surface area (TPSA) is 29.3 Å². The lowest BCUT2D eigenvalue weighted by molar-refractivity contribution is 0.138. The molecule has 3 heteroatoms. The fourth-order valence-corrected chi connectivity index (χ4v) is 3.35. The van der Waals surface area contributed by atoms with Crippen LogP contribution < -0.4 is 5.73 Å². The summed E-state index contributed by atoms with van der Waals surface area (Å²) in [5.74, 6) is 0. The highest BCUT2D eigenvalue weighted by Crippen LogP contribution is 2.34. The summed E-state index contributed by atoms with van der Waals surface area (Å²) in [5, 5.41) is 0. The highest BCUT2D eigenvalue weighted by Gasteiger charge is 2.33. The van der Waals surface area contributed by atoms with E-state index in [2.05, 4.69) is 25.0 Å². The van der Waals surface area contributed by atoms with E-state index in [1.807, 2.05) is 11.8 Å². The number of rotatable bonds is 5. The molecule has 0 radical (unpaired) electrons. The monoisotopic (exact) mass is 230 g/mol. The largest absolute Gasteiger partial charge is 0.329 e. The van der Waals surface area contributed by atoms with Crippen LogP contribution in [-0.4, -0.2) is 41.6 Å². The van der Waals surface area contributed by atoms with Gasteiger partial charge in [-0.2, -0.15) is 11.8 Å². The third kappa shape index (κ3) is 3.11. The fourth-order valence-electron chi connectivity index (χ4n) is 2.59. The number of thioether (sulfide) groups is 1. The van der Waals surface area contributed by atoms with Gasteiger partial charge in [0.1, 0.15) is 0 Å². The van der Waals surface area contributed by atoms with Crippen LogP contribution in [0.2, 0.25) is 0 Å². The summed E-state index contributed by atoms with van der Waals surface area (Å²) >= 11 is 1.97. The molecule has 1 saturated heterocycles. The molecule has 0 saturated carbocycles. The quantitative estimate of drug-likeness (QED) is 0.786.